The lowest BCUT2D eigenvalue weighted by Crippen LogP contribution is -2.08. The highest BCUT2D eigenvalue weighted by Crippen LogP contribution is 2.43. The van der Waals surface area contributed by atoms with Crippen LogP contribution < -0.4 is 19.5 Å². The van der Waals surface area contributed by atoms with Crippen LogP contribution in [0.25, 0.3) is 16.9 Å². The number of benzene rings is 2. The number of hydrogen-bond donors (Lipinski definition) is 1. The summed E-state index contributed by atoms with van der Waals surface area (Å²) < 4.78 is 18.4. The minimum Gasteiger partial charge on any atom is -0.493 e. The highest BCUT2D eigenvalue weighted by atomic mass is 16.5. The Kier molecular flexibility index (Phi) is 5.48. The molecule has 0 fully saturated rings. The third-order valence-electron chi connectivity index (χ3n) is 5.32. The van der Waals surface area contributed by atoms with Gasteiger partial charge in [-0.1, -0.05) is 12.1 Å². The van der Waals surface area contributed by atoms with E-state index in [0.29, 0.717) is 22.8 Å². The van der Waals surface area contributed by atoms with Crippen LogP contribution in [0.5, 0.6) is 17.2 Å². The first-order valence-corrected chi connectivity index (χ1v) is 9.87. The summed E-state index contributed by atoms with van der Waals surface area (Å²) in [4.78, 5) is 0. The van der Waals surface area contributed by atoms with Crippen molar-refractivity contribution in [3.8, 4) is 40.3 Å². The molecule has 1 N–H and O–H groups in total. The molecule has 7 heteroatoms. The number of nitrogens with one attached hydrogen (secondary N) is 1. The van der Waals surface area contributed by atoms with Gasteiger partial charge in [0.15, 0.2) is 11.5 Å². The van der Waals surface area contributed by atoms with Crippen LogP contribution >= 0.6 is 0 Å². The van der Waals surface area contributed by atoms with Crippen LogP contribution in [0.15, 0.2) is 36.4 Å². The normalized spacial score (nSPS) is 12.9. The van der Waals surface area contributed by atoms with Crippen LogP contribution in [0, 0.1) is 11.3 Å². The first-order valence-electron chi connectivity index (χ1n) is 9.87. The summed E-state index contributed by atoms with van der Waals surface area (Å²) >= 11 is 0. The van der Waals surface area contributed by atoms with Crippen LogP contribution in [0.3, 0.4) is 0 Å². The number of para-hydroxylation sites is 1. The van der Waals surface area contributed by atoms with Crippen molar-refractivity contribution in [3.63, 3.8) is 0 Å². The molecule has 3 aromatic rings. The van der Waals surface area contributed by atoms with Crippen LogP contribution in [0.4, 0.5) is 5.82 Å². The summed E-state index contributed by atoms with van der Waals surface area (Å²) in [5.41, 5.74) is 4.16. The average Bonchev–Trinajstić information content (AvgIpc) is 2.98. The van der Waals surface area contributed by atoms with E-state index < -0.39 is 0 Å². The molecule has 0 saturated carbocycles. The van der Waals surface area contributed by atoms with Crippen molar-refractivity contribution < 1.29 is 14.2 Å². The molecule has 0 spiro atoms. The first-order chi connectivity index (χ1) is 14.7. The quantitative estimate of drug-likeness (QED) is 0.687. The van der Waals surface area contributed by atoms with Crippen LogP contribution in [-0.4, -0.2) is 37.7 Å². The van der Waals surface area contributed by atoms with Gasteiger partial charge in [0.05, 0.1) is 38.3 Å². The van der Waals surface area contributed by atoms with Crippen molar-refractivity contribution in [1.29, 1.82) is 5.26 Å². The van der Waals surface area contributed by atoms with Gasteiger partial charge in [0.25, 0.3) is 0 Å². The third kappa shape index (κ3) is 3.30. The molecule has 0 unspecified atom stereocenters. The molecule has 0 saturated heterocycles. The maximum absolute atomic E-state index is 9.60. The Morgan fingerprint density at radius 3 is 2.43 bits per heavy atom. The Labute approximate surface area is 175 Å². The number of methoxy groups -OCH3 is 3. The number of nitrogens with zero attached hydrogens (tertiary/aromatic N) is 3. The molecule has 7 nitrogen and oxygen atoms in total. The predicted octanol–water partition coefficient (Wildman–Crippen LogP) is 4.18. The Hall–Kier alpha value is -3.66. The van der Waals surface area contributed by atoms with E-state index in [1.54, 1.807) is 27.4 Å². The summed E-state index contributed by atoms with van der Waals surface area (Å²) in [7, 11) is 4.79. The molecule has 0 radical (unpaired) electrons. The van der Waals surface area contributed by atoms with Gasteiger partial charge >= 0.3 is 0 Å². The van der Waals surface area contributed by atoms with Gasteiger partial charge in [-0.25, -0.2) is 4.68 Å². The lowest BCUT2D eigenvalue weighted by atomic mass is 10.0. The summed E-state index contributed by atoms with van der Waals surface area (Å²) in [5, 5.41) is 18.1. The molecule has 2 aromatic carbocycles. The lowest BCUT2D eigenvalue weighted by Gasteiger charge is -2.14. The minimum absolute atomic E-state index is 0.544. The van der Waals surface area contributed by atoms with Gasteiger partial charge in [0.1, 0.15) is 11.9 Å². The second kappa shape index (κ2) is 8.37. The Morgan fingerprint density at radius 1 is 1.03 bits per heavy atom. The van der Waals surface area contributed by atoms with Gasteiger partial charge in [-0.2, -0.15) is 10.4 Å². The molecular formula is C23H24N4O3. The largest absolute Gasteiger partial charge is 0.493 e. The number of anilines is 1. The molecule has 0 bridgehead atoms. The first kappa shape index (κ1) is 19.6. The monoisotopic (exact) mass is 404 g/mol. The minimum atomic E-state index is 0.544. The lowest BCUT2D eigenvalue weighted by molar-refractivity contribution is 0.324. The molecule has 0 aliphatic carbocycles. The number of nitriles is 1. The SMILES string of the molecule is COc1cc(-c2nn(-c3ccccc3C#N)c3c2CCCCN3)cc(OC)c1OC. The number of hydrogen-bond acceptors (Lipinski definition) is 6. The van der Waals surface area contributed by atoms with Crippen LogP contribution in [-0.2, 0) is 6.42 Å². The second-order valence-corrected chi connectivity index (χ2v) is 7.01. The molecular weight excluding hydrogens is 380 g/mol. The summed E-state index contributed by atoms with van der Waals surface area (Å²) in [6, 6.07) is 13.6. The highest BCUT2D eigenvalue weighted by Gasteiger charge is 2.25. The van der Waals surface area contributed by atoms with Crippen molar-refractivity contribution in [1.82, 2.24) is 9.78 Å². The smallest absolute Gasteiger partial charge is 0.203 e. The predicted molar refractivity (Wildman–Crippen MR) is 115 cm³/mol. The molecule has 1 aliphatic rings. The maximum atomic E-state index is 9.60. The van der Waals surface area contributed by atoms with E-state index in [1.165, 1.54) is 0 Å². The van der Waals surface area contributed by atoms with E-state index in [4.69, 9.17) is 19.3 Å². The number of fused-ring (bicyclic) bond motifs is 1. The molecule has 1 aromatic heterocycles. The fraction of sp³-hybridized carbons (Fsp3) is 0.304. The third-order valence-corrected chi connectivity index (χ3v) is 5.32. The van der Waals surface area contributed by atoms with Gasteiger partial charge < -0.3 is 19.5 Å². The zero-order valence-corrected chi connectivity index (χ0v) is 17.4. The van der Waals surface area contributed by atoms with Crippen molar-refractivity contribution in [2.75, 3.05) is 33.2 Å². The zero-order chi connectivity index (χ0) is 21.1. The standard InChI is InChI=1S/C23H24N4O3/c1-28-19-12-16(13-20(29-2)22(19)30-3)21-17-9-6-7-11-25-23(17)27(26-21)18-10-5-4-8-15(18)14-24/h4-5,8,10,12-13,25H,6-7,9,11H2,1-3H3. The second-order valence-electron chi connectivity index (χ2n) is 7.01. The zero-order valence-electron chi connectivity index (χ0n) is 17.4. The fourth-order valence-corrected chi connectivity index (χ4v) is 3.88. The van der Waals surface area contributed by atoms with Gasteiger partial charge in [-0.05, 0) is 43.5 Å². The van der Waals surface area contributed by atoms with Crippen molar-refractivity contribution >= 4 is 5.82 Å². The van der Waals surface area contributed by atoms with Gasteiger partial charge in [0.2, 0.25) is 5.75 Å². The summed E-state index contributed by atoms with van der Waals surface area (Å²) in [6.07, 6.45) is 3.02. The summed E-state index contributed by atoms with van der Waals surface area (Å²) in [6.45, 7) is 0.863. The maximum Gasteiger partial charge on any atom is 0.203 e. The van der Waals surface area contributed by atoms with Crippen molar-refractivity contribution in [3.05, 3.63) is 47.5 Å². The molecule has 154 valence electrons. The van der Waals surface area contributed by atoms with E-state index in [0.717, 1.165) is 54.1 Å². The van der Waals surface area contributed by atoms with Crippen LogP contribution in [0.1, 0.15) is 24.0 Å². The van der Waals surface area contributed by atoms with E-state index in [1.807, 2.05) is 35.0 Å². The fourth-order valence-electron chi connectivity index (χ4n) is 3.88. The molecule has 30 heavy (non-hydrogen) atoms. The average molecular weight is 404 g/mol. The van der Waals surface area contributed by atoms with Crippen LogP contribution in [0.2, 0.25) is 0 Å². The molecule has 1 aliphatic heterocycles. The van der Waals surface area contributed by atoms with Gasteiger partial charge in [-0.15, -0.1) is 0 Å². The van der Waals surface area contributed by atoms with Gasteiger partial charge in [0, 0.05) is 17.7 Å². The van der Waals surface area contributed by atoms with Crippen molar-refractivity contribution in [2.24, 2.45) is 0 Å². The molecule has 0 amide bonds. The molecule has 0 atom stereocenters. The topological polar surface area (TPSA) is 81.3 Å². The number of aromatic nitrogens is 2. The number of ether oxygens (including phenoxy) is 3. The van der Waals surface area contributed by atoms with Gasteiger partial charge in [-0.3, -0.25) is 0 Å². The van der Waals surface area contributed by atoms with E-state index in [9.17, 15) is 5.26 Å². The Morgan fingerprint density at radius 2 is 1.77 bits per heavy atom. The highest BCUT2D eigenvalue weighted by molar-refractivity contribution is 5.76. The van der Waals surface area contributed by atoms with E-state index in [2.05, 4.69) is 11.4 Å². The summed E-state index contributed by atoms with van der Waals surface area (Å²) in [5.74, 6) is 2.63. The van der Waals surface area contributed by atoms with Crippen molar-refractivity contribution in [2.45, 2.75) is 19.3 Å². The number of rotatable bonds is 5. The molecule has 2 heterocycles. The van der Waals surface area contributed by atoms with E-state index >= 15 is 0 Å². The Balaban J connectivity index is 1.96. The Bertz CT molecular complexity index is 1090. The van der Waals surface area contributed by atoms with E-state index in [-0.39, 0.29) is 0 Å². The molecule has 4 rings (SSSR count).